The van der Waals surface area contributed by atoms with E-state index >= 15 is 0 Å². The quantitative estimate of drug-likeness (QED) is 0.833. The van der Waals surface area contributed by atoms with Gasteiger partial charge < -0.3 is 15.8 Å². The summed E-state index contributed by atoms with van der Waals surface area (Å²) in [6.07, 6.45) is 0. The molecule has 0 atom stereocenters. The summed E-state index contributed by atoms with van der Waals surface area (Å²) in [5.74, 6) is -0.214. The van der Waals surface area contributed by atoms with Gasteiger partial charge in [-0.1, -0.05) is 24.3 Å². The van der Waals surface area contributed by atoms with Crippen molar-refractivity contribution in [1.82, 2.24) is 5.32 Å². The van der Waals surface area contributed by atoms with Gasteiger partial charge in [-0.05, 0) is 29.8 Å². The van der Waals surface area contributed by atoms with E-state index in [-0.39, 0.29) is 18.2 Å². The SMILES string of the molecule is Nc1ccccc1C(=O)NCc1ccc(OC(F)F)cc1. The summed E-state index contributed by atoms with van der Waals surface area (Å²) in [5.41, 5.74) is 7.27. The van der Waals surface area contributed by atoms with Gasteiger partial charge >= 0.3 is 6.61 Å². The number of nitrogens with two attached hydrogens (primary N) is 1. The summed E-state index contributed by atoms with van der Waals surface area (Å²) in [6.45, 7) is -2.58. The topological polar surface area (TPSA) is 64.4 Å². The summed E-state index contributed by atoms with van der Waals surface area (Å²) in [5, 5.41) is 2.71. The highest BCUT2D eigenvalue weighted by atomic mass is 19.3. The maximum absolute atomic E-state index is 12.0. The van der Waals surface area contributed by atoms with Crippen LogP contribution >= 0.6 is 0 Å². The molecule has 0 saturated carbocycles. The summed E-state index contributed by atoms with van der Waals surface area (Å²) >= 11 is 0. The highest BCUT2D eigenvalue weighted by Crippen LogP contribution is 2.15. The fourth-order valence-corrected chi connectivity index (χ4v) is 1.77. The Hall–Kier alpha value is -2.63. The number of alkyl halides is 2. The number of nitrogen functional groups attached to an aromatic ring is 1. The number of nitrogens with one attached hydrogen (secondary N) is 1. The number of para-hydroxylation sites is 1. The Morgan fingerprint density at radius 3 is 2.43 bits per heavy atom. The molecule has 0 bridgehead atoms. The molecule has 2 aromatic rings. The van der Waals surface area contributed by atoms with Gasteiger partial charge in [-0.2, -0.15) is 8.78 Å². The van der Waals surface area contributed by atoms with Crippen LogP contribution in [0.1, 0.15) is 15.9 Å². The molecular weight excluding hydrogens is 278 g/mol. The first-order valence-electron chi connectivity index (χ1n) is 6.22. The minimum Gasteiger partial charge on any atom is -0.435 e. The van der Waals surface area contributed by atoms with E-state index in [0.717, 1.165) is 5.56 Å². The minimum atomic E-state index is -2.85. The number of amides is 1. The van der Waals surface area contributed by atoms with Crippen LogP contribution in [-0.4, -0.2) is 12.5 Å². The largest absolute Gasteiger partial charge is 0.435 e. The molecule has 110 valence electrons. The predicted octanol–water partition coefficient (Wildman–Crippen LogP) is 2.80. The zero-order valence-corrected chi connectivity index (χ0v) is 11.1. The number of carbonyl (C=O) groups is 1. The van der Waals surface area contributed by atoms with E-state index in [0.29, 0.717) is 11.3 Å². The van der Waals surface area contributed by atoms with Crippen molar-refractivity contribution in [1.29, 1.82) is 0 Å². The monoisotopic (exact) mass is 292 g/mol. The van der Waals surface area contributed by atoms with Crippen LogP contribution in [0.15, 0.2) is 48.5 Å². The van der Waals surface area contributed by atoms with E-state index < -0.39 is 6.61 Å². The van der Waals surface area contributed by atoms with Crippen molar-refractivity contribution in [3.8, 4) is 5.75 Å². The van der Waals surface area contributed by atoms with Crippen molar-refractivity contribution in [3.05, 3.63) is 59.7 Å². The fraction of sp³-hybridized carbons (Fsp3) is 0.133. The number of hydrogen-bond acceptors (Lipinski definition) is 3. The van der Waals surface area contributed by atoms with Crippen LogP contribution in [0, 0.1) is 0 Å². The molecule has 0 aromatic heterocycles. The standard InChI is InChI=1S/C15H14F2N2O2/c16-15(17)21-11-7-5-10(6-8-11)9-19-14(20)12-3-1-2-4-13(12)18/h1-8,15H,9,18H2,(H,19,20). The first kappa shape index (κ1) is 14.8. The summed E-state index contributed by atoms with van der Waals surface area (Å²) in [4.78, 5) is 11.9. The van der Waals surface area contributed by atoms with Crippen LogP contribution in [0.5, 0.6) is 5.75 Å². The lowest BCUT2D eigenvalue weighted by Gasteiger charge is -2.08. The van der Waals surface area contributed by atoms with Crippen molar-refractivity contribution in [3.63, 3.8) is 0 Å². The number of rotatable bonds is 5. The zero-order chi connectivity index (χ0) is 15.2. The molecule has 4 nitrogen and oxygen atoms in total. The van der Waals surface area contributed by atoms with Crippen LogP contribution in [0.25, 0.3) is 0 Å². The molecule has 0 spiro atoms. The second kappa shape index (κ2) is 6.69. The van der Waals surface area contributed by atoms with Gasteiger partial charge in [-0.25, -0.2) is 0 Å². The van der Waals surface area contributed by atoms with Crippen molar-refractivity contribution in [2.24, 2.45) is 0 Å². The first-order chi connectivity index (χ1) is 10.1. The molecule has 6 heteroatoms. The summed E-state index contributed by atoms with van der Waals surface area (Å²) in [7, 11) is 0. The lowest BCUT2D eigenvalue weighted by atomic mass is 10.1. The van der Waals surface area contributed by atoms with Crippen molar-refractivity contribution in [2.75, 3.05) is 5.73 Å². The molecular formula is C15H14F2N2O2. The highest BCUT2D eigenvalue weighted by molar-refractivity contribution is 5.98. The van der Waals surface area contributed by atoms with E-state index in [2.05, 4.69) is 10.1 Å². The lowest BCUT2D eigenvalue weighted by molar-refractivity contribution is -0.0498. The molecule has 3 N–H and O–H groups in total. The third-order valence-corrected chi connectivity index (χ3v) is 2.81. The Balaban J connectivity index is 1.94. The number of ether oxygens (including phenoxy) is 1. The molecule has 21 heavy (non-hydrogen) atoms. The molecule has 0 unspecified atom stereocenters. The van der Waals surface area contributed by atoms with E-state index in [9.17, 15) is 13.6 Å². The van der Waals surface area contributed by atoms with E-state index in [1.54, 1.807) is 36.4 Å². The Labute approximate surface area is 120 Å². The van der Waals surface area contributed by atoms with Crippen LogP contribution in [0.2, 0.25) is 0 Å². The van der Waals surface area contributed by atoms with Gasteiger partial charge in [-0.15, -0.1) is 0 Å². The second-order valence-electron chi connectivity index (χ2n) is 4.29. The van der Waals surface area contributed by atoms with Gasteiger partial charge in [0, 0.05) is 12.2 Å². The Kier molecular flexibility index (Phi) is 4.71. The van der Waals surface area contributed by atoms with Gasteiger partial charge in [0.25, 0.3) is 5.91 Å². The summed E-state index contributed by atoms with van der Waals surface area (Å²) < 4.78 is 28.3. The lowest BCUT2D eigenvalue weighted by Crippen LogP contribution is -2.23. The number of carbonyl (C=O) groups excluding carboxylic acids is 1. The van der Waals surface area contributed by atoms with E-state index in [1.165, 1.54) is 12.1 Å². The molecule has 2 rings (SSSR count). The third-order valence-electron chi connectivity index (χ3n) is 2.81. The Morgan fingerprint density at radius 1 is 1.14 bits per heavy atom. The summed E-state index contributed by atoms with van der Waals surface area (Å²) in [6, 6.07) is 12.8. The molecule has 1 amide bonds. The van der Waals surface area contributed by atoms with Crippen LogP contribution in [0.4, 0.5) is 14.5 Å². The maximum atomic E-state index is 12.0. The zero-order valence-electron chi connectivity index (χ0n) is 11.1. The van der Waals surface area contributed by atoms with Gasteiger partial charge in [0.2, 0.25) is 0 Å². The van der Waals surface area contributed by atoms with Crippen molar-refractivity contribution >= 4 is 11.6 Å². The molecule has 2 aromatic carbocycles. The van der Waals surface area contributed by atoms with Gasteiger partial charge in [-0.3, -0.25) is 4.79 Å². The molecule has 0 fully saturated rings. The number of halogens is 2. The van der Waals surface area contributed by atoms with E-state index in [4.69, 9.17) is 5.73 Å². The number of hydrogen-bond donors (Lipinski definition) is 2. The van der Waals surface area contributed by atoms with Gasteiger partial charge in [0.05, 0.1) is 5.56 Å². The number of benzene rings is 2. The second-order valence-corrected chi connectivity index (χ2v) is 4.29. The molecule has 0 heterocycles. The van der Waals surface area contributed by atoms with Gasteiger partial charge in [0.15, 0.2) is 0 Å². The Bertz CT molecular complexity index is 615. The molecule has 0 aliphatic heterocycles. The minimum absolute atomic E-state index is 0.0763. The normalized spacial score (nSPS) is 10.4. The van der Waals surface area contributed by atoms with E-state index in [1.807, 2.05) is 0 Å². The molecule has 0 aliphatic carbocycles. The fourth-order valence-electron chi connectivity index (χ4n) is 1.77. The van der Waals surface area contributed by atoms with Crippen molar-refractivity contribution in [2.45, 2.75) is 13.2 Å². The molecule has 0 saturated heterocycles. The highest BCUT2D eigenvalue weighted by Gasteiger charge is 2.08. The average molecular weight is 292 g/mol. The maximum Gasteiger partial charge on any atom is 0.387 e. The predicted molar refractivity (Wildman–Crippen MR) is 75.1 cm³/mol. The first-order valence-corrected chi connectivity index (χ1v) is 6.22. The third kappa shape index (κ3) is 4.17. The smallest absolute Gasteiger partial charge is 0.387 e. The van der Waals surface area contributed by atoms with Crippen LogP contribution < -0.4 is 15.8 Å². The van der Waals surface area contributed by atoms with Gasteiger partial charge in [0.1, 0.15) is 5.75 Å². The average Bonchev–Trinajstić information content (AvgIpc) is 2.46. The Morgan fingerprint density at radius 2 is 1.81 bits per heavy atom. The number of anilines is 1. The van der Waals surface area contributed by atoms with Crippen molar-refractivity contribution < 1.29 is 18.3 Å². The van der Waals surface area contributed by atoms with Crippen LogP contribution in [0.3, 0.4) is 0 Å². The van der Waals surface area contributed by atoms with Crippen LogP contribution in [-0.2, 0) is 6.54 Å². The molecule has 0 aliphatic rings. The molecule has 0 radical (unpaired) electrons.